The number of hydrogen-bond donors (Lipinski definition) is 1. The van der Waals surface area contributed by atoms with Crippen molar-refractivity contribution < 1.29 is 9.84 Å². The van der Waals surface area contributed by atoms with Crippen LogP contribution in [0.2, 0.25) is 5.02 Å². The highest BCUT2D eigenvalue weighted by Gasteiger charge is 2.40. The van der Waals surface area contributed by atoms with E-state index in [1.54, 1.807) is 0 Å². The predicted octanol–water partition coefficient (Wildman–Crippen LogP) is 2.50. The van der Waals surface area contributed by atoms with Gasteiger partial charge in [-0.3, -0.25) is 0 Å². The predicted molar refractivity (Wildman–Crippen MR) is 75.7 cm³/mol. The molecule has 20 heavy (non-hydrogen) atoms. The molecule has 2 aromatic rings. The van der Waals surface area contributed by atoms with E-state index in [9.17, 15) is 5.11 Å². The molecule has 3 atom stereocenters. The van der Waals surface area contributed by atoms with Crippen molar-refractivity contribution >= 4 is 11.6 Å². The van der Waals surface area contributed by atoms with Gasteiger partial charge in [-0.05, 0) is 12.5 Å². The summed E-state index contributed by atoms with van der Waals surface area (Å²) >= 11 is 6.43. The van der Waals surface area contributed by atoms with Crippen LogP contribution in [-0.4, -0.2) is 34.0 Å². The number of aliphatic hydroxyl groups excluding tert-OH is 1. The van der Waals surface area contributed by atoms with Crippen molar-refractivity contribution in [2.75, 3.05) is 13.2 Å². The first kappa shape index (κ1) is 12.4. The minimum Gasteiger partial charge on any atom is -0.390 e. The van der Waals surface area contributed by atoms with Crippen LogP contribution < -0.4 is 0 Å². The highest BCUT2D eigenvalue weighted by Crippen LogP contribution is 2.48. The number of hydrogen-bond acceptors (Lipinski definition) is 3. The number of aliphatic hydroxyl groups is 1. The maximum absolute atomic E-state index is 10.3. The SMILES string of the molecule is OC1COCCC1[C@H]1c2c(Cl)cccc2-c2cncn21. The maximum Gasteiger partial charge on any atom is 0.0956 e. The van der Waals surface area contributed by atoms with Gasteiger partial charge in [-0.25, -0.2) is 4.98 Å². The van der Waals surface area contributed by atoms with Gasteiger partial charge in [0.25, 0.3) is 0 Å². The Morgan fingerprint density at radius 3 is 3.15 bits per heavy atom. The average Bonchev–Trinajstić information content (AvgIpc) is 3.01. The molecule has 1 N–H and O–H groups in total. The Labute approximate surface area is 122 Å². The molecular weight excluding hydrogens is 276 g/mol. The van der Waals surface area contributed by atoms with Crippen LogP contribution in [0.25, 0.3) is 11.3 Å². The van der Waals surface area contributed by atoms with Crippen molar-refractivity contribution in [3.63, 3.8) is 0 Å². The van der Waals surface area contributed by atoms with Crippen molar-refractivity contribution in [1.82, 2.24) is 9.55 Å². The molecule has 1 aromatic carbocycles. The zero-order chi connectivity index (χ0) is 13.7. The third-order valence-corrected chi connectivity index (χ3v) is 4.70. The normalized spacial score (nSPS) is 28.2. The van der Waals surface area contributed by atoms with Gasteiger partial charge in [0.15, 0.2) is 0 Å². The lowest BCUT2D eigenvalue weighted by molar-refractivity contribution is -0.0540. The quantitative estimate of drug-likeness (QED) is 0.878. The minimum absolute atomic E-state index is 0.0510. The van der Waals surface area contributed by atoms with Gasteiger partial charge < -0.3 is 14.4 Å². The van der Waals surface area contributed by atoms with Crippen LogP contribution >= 0.6 is 11.6 Å². The fraction of sp³-hybridized carbons (Fsp3) is 0.400. The molecule has 1 aromatic heterocycles. The van der Waals surface area contributed by atoms with E-state index < -0.39 is 6.10 Å². The molecule has 2 aliphatic rings. The first-order chi connectivity index (χ1) is 9.77. The Balaban J connectivity index is 1.88. The van der Waals surface area contributed by atoms with Crippen LogP contribution in [0.1, 0.15) is 18.0 Å². The van der Waals surface area contributed by atoms with E-state index in [0.717, 1.165) is 28.3 Å². The van der Waals surface area contributed by atoms with Gasteiger partial charge in [0.1, 0.15) is 0 Å². The molecule has 5 heteroatoms. The number of halogens is 1. The molecule has 0 spiro atoms. The van der Waals surface area contributed by atoms with E-state index in [1.807, 2.05) is 24.7 Å². The topological polar surface area (TPSA) is 47.3 Å². The van der Waals surface area contributed by atoms with Crippen LogP contribution in [0.3, 0.4) is 0 Å². The summed E-state index contributed by atoms with van der Waals surface area (Å²) in [4.78, 5) is 4.25. The maximum atomic E-state index is 10.3. The molecule has 1 saturated heterocycles. The highest BCUT2D eigenvalue weighted by molar-refractivity contribution is 6.32. The third kappa shape index (κ3) is 1.65. The molecule has 2 unspecified atom stereocenters. The average molecular weight is 291 g/mol. The summed E-state index contributed by atoms with van der Waals surface area (Å²) in [5, 5.41) is 11.1. The molecule has 4 nitrogen and oxygen atoms in total. The molecule has 104 valence electrons. The largest absolute Gasteiger partial charge is 0.390 e. The summed E-state index contributed by atoms with van der Waals surface area (Å²) in [6, 6.07) is 6.00. The molecule has 2 aliphatic heterocycles. The van der Waals surface area contributed by atoms with E-state index in [0.29, 0.717) is 13.2 Å². The van der Waals surface area contributed by atoms with Crippen LogP contribution in [0.5, 0.6) is 0 Å². The molecule has 0 radical (unpaired) electrons. The van der Waals surface area contributed by atoms with Crippen LogP contribution in [0.15, 0.2) is 30.7 Å². The number of nitrogens with zero attached hydrogens (tertiary/aromatic N) is 2. The lowest BCUT2D eigenvalue weighted by Crippen LogP contribution is -2.37. The number of benzene rings is 1. The van der Waals surface area contributed by atoms with E-state index in [2.05, 4.69) is 15.6 Å². The summed E-state index contributed by atoms with van der Waals surface area (Å²) < 4.78 is 7.49. The van der Waals surface area contributed by atoms with Crippen molar-refractivity contribution in [2.45, 2.75) is 18.6 Å². The highest BCUT2D eigenvalue weighted by atomic mass is 35.5. The zero-order valence-electron chi connectivity index (χ0n) is 10.9. The molecule has 0 amide bonds. The first-order valence-corrected chi connectivity index (χ1v) is 7.21. The molecule has 3 heterocycles. The van der Waals surface area contributed by atoms with Gasteiger partial charge >= 0.3 is 0 Å². The van der Waals surface area contributed by atoms with E-state index in [4.69, 9.17) is 16.3 Å². The molecule has 0 aliphatic carbocycles. The number of imidazole rings is 1. The zero-order valence-corrected chi connectivity index (χ0v) is 11.6. The second kappa shape index (κ2) is 4.58. The van der Waals surface area contributed by atoms with Crippen molar-refractivity contribution in [1.29, 1.82) is 0 Å². The van der Waals surface area contributed by atoms with Crippen LogP contribution in [0, 0.1) is 5.92 Å². The van der Waals surface area contributed by atoms with E-state index in [1.165, 1.54) is 0 Å². The van der Waals surface area contributed by atoms with Crippen LogP contribution in [0.4, 0.5) is 0 Å². The second-order valence-corrected chi connectivity index (χ2v) is 5.83. The number of ether oxygens (including phenoxy) is 1. The van der Waals surface area contributed by atoms with Gasteiger partial charge in [0.2, 0.25) is 0 Å². The molecule has 0 saturated carbocycles. The Hall–Kier alpha value is -1.36. The Morgan fingerprint density at radius 1 is 1.40 bits per heavy atom. The minimum atomic E-state index is -0.466. The smallest absolute Gasteiger partial charge is 0.0956 e. The second-order valence-electron chi connectivity index (χ2n) is 5.43. The summed E-state index contributed by atoms with van der Waals surface area (Å²) in [5.74, 6) is 0.109. The molecular formula is C15H15ClN2O2. The fourth-order valence-electron chi connectivity index (χ4n) is 3.46. The number of fused-ring (bicyclic) bond motifs is 3. The third-order valence-electron chi connectivity index (χ3n) is 4.37. The molecule has 4 rings (SSSR count). The Bertz CT molecular complexity index is 655. The van der Waals surface area contributed by atoms with Crippen molar-refractivity contribution in [3.05, 3.63) is 41.3 Å². The first-order valence-electron chi connectivity index (χ1n) is 6.84. The number of rotatable bonds is 1. The summed E-state index contributed by atoms with van der Waals surface area (Å²) in [6.45, 7) is 1.08. The summed E-state index contributed by atoms with van der Waals surface area (Å²) in [5.41, 5.74) is 3.31. The van der Waals surface area contributed by atoms with Crippen molar-refractivity contribution in [2.24, 2.45) is 5.92 Å². The standard InChI is InChI=1S/C15H15ClN2O2/c16-11-3-1-2-9-12-6-17-8-18(12)15(14(9)11)10-4-5-20-7-13(10)19/h1-3,6,8,10,13,15,19H,4-5,7H2/t10?,13?,15-/m0/s1. The summed E-state index contributed by atoms with van der Waals surface area (Å²) in [7, 11) is 0. The van der Waals surface area contributed by atoms with Crippen LogP contribution in [-0.2, 0) is 4.74 Å². The fourth-order valence-corrected chi connectivity index (χ4v) is 3.75. The lowest BCUT2D eigenvalue weighted by Gasteiger charge is -2.33. The molecule has 0 bridgehead atoms. The monoisotopic (exact) mass is 290 g/mol. The summed E-state index contributed by atoms with van der Waals surface area (Å²) in [6.07, 6.45) is 4.05. The van der Waals surface area contributed by atoms with Crippen molar-refractivity contribution in [3.8, 4) is 11.3 Å². The van der Waals surface area contributed by atoms with E-state index >= 15 is 0 Å². The van der Waals surface area contributed by atoms with Gasteiger partial charge in [-0.2, -0.15) is 0 Å². The van der Waals surface area contributed by atoms with Gasteiger partial charge in [-0.15, -0.1) is 0 Å². The Morgan fingerprint density at radius 2 is 2.30 bits per heavy atom. The lowest BCUT2D eigenvalue weighted by atomic mass is 9.85. The molecule has 1 fully saturated rings. The van der Waals surface area contributed by atoms with Gasteiger partial charge in [0.05, 0.1) is 37.0 Å². The van der Waals surface area contributed by atoms with Gasteiger partial charge in [0, 0.05) is 28.7 Å². The number of aromatic nitrogens is 2. The Kier molecular flexibility index (Phi) is 2.84. The van der Waals surface area contributed by atoms with E-state index in [-0.39, 0.29) is 12.0 Å². The van der Waals surface area contributed by atoms with Gasteiger partial charge in [-0.1, -0.05) is 23.7 Å².